The summed E-state index contributed by atoms with van der Waals surface area (Å²) >= 11 is 13.2. The van der Waals surface area contributed by atoms with Crippen molar-refractivity contribution >= 4 is 40.8 Å². The molecule has 37 heavy (non-hydrogen) atoms. The minimum Gasteiger partial charge on any atom is -0.496 e. The van der Waals surface area contributed by atoms with Gasteiger partial charge < -0.3 is 14.6 Å². The highest BCUT2D eigenvalue weighted by atomic mass is 35.5. The Morgan fingerprint density at radius 1 is 1.00 bits per heavy atom. The summed E-state index contributed by atoms with van der Waals surface area (Å²) in [5.41, 5.74) is 1.62. The third kappa shape index (κ3) is 6.56. The minimum absolute atomic E-state index is 0.148. The van der Waals surface area contributed by atoms with Gasteiger partial charge in [-0.25, -0.2) is 4.79 Å². The Morgan fingerprint density at radius 3 is 2.19 bits per heavy atom. The average molecular weight is 544 g/mol. The van der Waals surface area contributed by atoms with Gasteiger partial charge in [-0.3, -0.25) is 9.69 Å². The first-order valence-electron chi connectivity index (χ1n) is 12.2. The Morgan fingerprint density at radius 2 is 1.65 bits per heavy atom. The van der Waals surface area contributed by atoms with E-state index in [1.807, 2.05) is 19.1 Å². The molecule has 0 aliphatic heterocycles. The quantitative estimate of drug-likeness (QED) is 0.263. The van der Waals surface area contributed by atoms with Crippen LogP contribution in [0.3, 0.4) is 0 Å². The van der Waals surface area contributed by atoms with Crippen LogP contribution in [-0.4, -0.2) is 30.1 Å². The number of amides is 1. The maximum absolute atomic E-state index is 13.5. The Balaban J connectivity index is 2.04. The Labute approximate surface area is 227 Å². The van der Waals surface area contributed by atoms with Gasteiger partial charge in [0.05, 0.1) is 17.2 Å². The molecule has 0 fully saturated rings. The van der Waals surface area contributed by atoms with Crippen molar-refractivity contribution in [1.82, 2.24) is 0 Å². The number of carbonyl (C=O) groups is 2. The van der Waals surface area contributed by atoms with Crippen molar-refractivity contribution < 1.29 is 24.2 Å². The molecule has 0 heterocycles. The van der Waals surface area contributed by atoms with E-state index in [1.54, 1.807) is 43.5 Å². The van der Waals surface area contributed by atoms with E-state index < -0.39 is 17.9 Å². The molecule has 3 aromatic rings. The van der Waals surface area contributed by atoms with E-state index in [2.05, 4.69) is 13.8 Å². The van der Waals surface area contributed by atoms with E-state index >= 15 is 0 Å². The van der Waals surface area contributed by atoms with Crippen LogP contribution in [0.1, 0.15) is 61.9 Å². The number of carboxylic acids is 1. The van der Waals surface area contributed by atoms with Crippen LogP contribution in [0.5, 0.6) is 17.2 Å². The predicted octanol–water partition coefficient (Wildman–Crippen LogP) is 8.21. The first kappa shape index (κ1) is 28.4. The molecule has 0 aromatic heterocycles. The number of aliphatic carboxylic acids is 1. The molecule has 1 N–H and O–H groups in total. The summed E-state index contributed by atoms with van der Waals surface area (Å²) in [5, 5.41) is 10.3. The Kier molecular flexibility index (Phi) is 9.84. The fourth-order valence-electron chi connectivity index (χ4n) is 4.08. The number of methoxy groups -OCH3 is 1. The smallest absolute Gasteiger partial charge is 0.326 e. The van der Waals surface area contributed by atoms with Gasteiger partial charge in [0, 0.05) is 16.8 Å². The van der Waals surface area contributed by atoms with Gasteiger partial charge in [-0.2, -0.15) is 0 Å². The van der Waals surface area contributed by atoms with Crippen molar-refractivity contribution in [2.24, 2.45) is 0 Å². The molecule has 2 atom stereocenters. The first-order chi connectivity index (χ1) is 17.7. The molecule has 6 nitrogen and oxygen atoms in total. The summed E-state index contributed by atoms with van der Waals surface area (Å²) in [7, 11) is 1.62. The topological polar surface area (TPSA) is 76.1 Å². The highest BCUT2D eigenvalue weighted by Gasteiger charge is 2.32. The van der Waals surface area contributed by atoms with Crippen LogP contribution < -0.4 is 14.4 Å². The number of halogens is 2. The average Bonchev–Trinajstić information content (AvgIpc) is 2.90. The lowest BCUT2D eigenvalue weighted by molar-refractivity contribution is -0.138. The van der Waals surface area contributed by atoms with Gasteiger partial charge >= 0.3 is 5.97 Å². The summed E-state index contributed by atoms with van der Waals surface area (Å²) in [4.78, 5) is 26.9. The molecule has 0 aliphatic carbocycles. The van der Waals surface area contributed by atoms with Crippen molar-refractivity contribution in [2.45, 2.75) is 52.0 Å². The largest absolute Gasteiger partial charge is 0.496 e. The highest BCUT2D eigenvalue weighted by Crippen LogP contribution is 2.42. The van der Waals surface area contributed by atoms with Crippen molar-refractivity contribution in [3.63, 3.8) is 0 Å². The second-order valence-corrected chi connectivity index (χ2v) is 9.55. The number of carboxylic acid groups (broad SMARTS) is 1. The fraction of sp³-hybridized carbons (Fsp3) is 0.310. The monoisotopic (exact) mass is 543 g/mol. The molecule has 2 unspecified atom stereocenters. The zero-order chi connectivity index (χ0) is 27.1. The van der Waals surface area contributed by atoms with E-state index in [1.165, 1.54) is 17.0 Å². The molecular weight excluding hydrogens is 513 g/mol. The maximum Gasteiger partial charge on any atom is 0.326 e. The van der Waals surface area contributed by atoms with Gasteiger partial charge in [0.25, 0.3) is 5.91 Å². The van der Waals surface area contributed by atoms with E-state index in [0.717, 1.165) is 17.7 Å². The molecule has 1 amide bonds. The van der Waals surface area contributed by atoms with Gasteiger partial charge in [0.2, 0.25) is 0 Å². The van der Waals surface area contributed by atoms with Crippen molar-refractivity contribution in [3.8, 4) is 17.2 Å². The SMILES string of the molecule is CCCC(C(=O)O)N(C(=O)c1ccccc1)c1cc(Cl)c(Oc2ccc(OC)c(C(C)CC)c2)c(Cl)c1. The summed E-state index contributed by atoms with van der Waals surface area (Å²) in [5.74, 6) is 0.169. The molecule has 196 valence electrons. The van der Waals surface area contributed by atoms with Crippen LogP contribution in [0.2, 0.25) is 10.0 Å². The molecule has 0 aliphatic rings. The standard InChI is InChI=1S/C29H31Cl2NO5/c1-5-10-25(29(34)35)32(28(33)19-11-8-7-9-12-19)20-15-23(30)27(24(31)16-20)37-21-13-14-26(36-4)22(17-21)18(3)6-2/h7-9,11-18,25H,5-6,10H2,1-4H3,(H,34,35). The highest BCUT2D eigenvalue weighted by molar-refractivity contribution is 6.38. The van der Waals surface area contributed by atoms with Crippen LogP contribution >= 0.6 is 23.2 Å². The normalized spacial score (nSPS) is 12.5. The van der Waals surface area contributed by atoms with Gasteiger partial charge in [0.1, 0.15) is 17.5 Å². The lowest BCUT2D eigenvalue weighted by atomic mass is 9.97. The molecule has 3 aromatic carbocycles. The van der Waals surface area contributed by atoms with Crippen molar-refractivity contribution in [2.75, 3.05) is 12.0 Å². The van der Waals surface area contributed by atoms with E-state index in [4.69, 9.17) is 32.7 Å². The second-order valence-electron chi connectivity index (χ2n) is 8.74. The number of rotatable bonds is 11. The number of hydrogen-bond acceptors (Lipinski definition) is 4. The fourth-order valence-corrected chi connectivity index (χ4v) is 4.63. The van der Waals surface area contributed by atoms with Gasteiger partial charge in [0.15, 0.2) is 5.75 Å². The van der Waals surface area contributed by atoms with Crippen molar-refractivity contribution in [1.29, 1.82) is 0 Å². The van der Waals surface area contributed by atoms with Crippen LogP contribution in [0.25, 0.3) is 0 Å². The third-order valence-electron chi connectivity index (χ3n) is 6.22. The molecule has 3 rings (SSSR count). The van der Waals surface area contributed by atoms with E-state index in [9.17, 15) is 14.7 Å². The summed E-state index contributed by atoms with van der Waals surface area (Å²) in [6.45, 7) is 6.06. The molecule has 0 saturated carbocycles. The minimum atomic E-state index is -1.12. The summed E-state index contributed by atoms with van der Waals surface area (Å²) in [6, 6.07) is 15.9. The van der Waals surface area contributed by atoms with E-state index in [0.29, 0.717) is 17.7 Å². The number of benzene rings is 3. The molecular formula is C29H31Cl2NO5. The van der Waals surface area contributed by atoms with E-state index in [-0.39, 0.29) is 33.8 Å². The first-order valence-corrected chi connectivity index (χ1v) is 12.9. The lowest BCUT2D eigenvalue weighted by Crippen LogP contribution is -2.45. The Hall–Kier alpha value is -3.22. The number of anilines is 1. The van der Waals surface area contributed by atoms with Crippen LogP contribution in [0.15, 0.2) is 60.7 Å². The number of nitrogens with zero attached hydrogens (tertiary/aromatic N) is 1. The molecule has 0 bridgehead atoms. The predicted molar refractivity (Wildman–Crippen MR) is 148 cm³/mol. The third-order valence-corrected chi connectivity index (χ3v) is 6.79. The zero-order valence-electron chi connectivity index (χ0n) is 21.3. The van der Waals surface area contributed by atoms with Crippen LogP contribution in [0.4, 0.5) is 5.69 Å². The van der Waals surface area contributed by atoms with Gasteiger partial charge in [-0.15, -0.1) is 0 Å². The molecule has 0 saturated heterocycles. The second kappa shape index (κ2) is 12.8. The Bertz CT molecular complexity index is 1230. The summed E-state index contributed by atoms with van der Waals surface area (Å²) < 4.78 is 11.6. The number of hydrogen-bond donors (Lipinski definition) is 1. The number of ether oxygens (including phenoxy) is 2. The van der Waals surface area contributed by atoms with Crippen molar-refractivity contribution in [3.05, 3.63) is 81.8 Å². The molecule has 8 heteroatoms. The van der Waals surface area contributed by atoms with Gasteiger partial charge in [-0.1, -0.05) is 68.6 Å². The lowest BCUT2D eigenvalue weighted by Gasteiger charge is -2.30. The zero-order valence-corrected chi connectivity index (χ0v) is 22.8. The van der Waals surface area contributed by atoms with Gasteiger partial charge in [-0.05, 0) is 61.2 Å². The van der Waals surface area contributed by atoms with Crippen LogP contribution in [-0.2, 0) is 4.79 Å². The molecule has 0 spiro atoms. The summed E-state index contributed by atoms with van der Waals surface area (Å²) in [6.07, 6.45) is 1.74. The maximum atomic E-state index is 13.5. The number of carbonyl (C=O) groups excluding carboxylic acids is 1. The molecule has 0 radical (unpaired) electrons. The van der Waals surface area contributed by atoms with Crippen LogP contribution in [0, 0.1) is 0 Å².